The van der Waals surface area contributed by atoms with E-state index in [-0.39, 0.29) is 5.91 Å². The Bertz CT molecular complexity index is 1040. The molecule has 2 aromatic heterocycles. The number of aryl methyl sites for hydroxylation is 2. The van der Waals surface area contributed by atoms with E-state index in [1.807, 2.05) is 30.3 Å². The largest absolute Gasteiger partial charge is 0.351 e. The SMILES string of the molecule is Cc1cc(C)c2cc(C(=O)NCCc3nc4ccccc4[nH]3)[nH]c2c1. The molecular weight excluding hydrogens is 312 g/mol. The molecule has 0 saturated heterocycles. The maximum absolute atomic E-state index is 12.4. The number of benzene rings is 2. The number of nitrogens with zero attached hydrogens (tertiary/aromatic N) is 1. The van der Waals surface area contributed by atoms with Crippen LogP contribution < -0.4 is 5.32 Å². The van der Waals surface area contributed by atoms with Crippen LogP contribution in [0.15, 0.2) is 42.5 Å². The molecule has 5 nitrogen and oxygen atoms in total. The van der Waals surface area contributed by atoms with Crippen molar-refractivity contribution in [3.8, 4) is 0 Å². The van der Waals surface area contributed by atoms with Crippen LogP contribution in [-0.4, -0.2) is 27.4 Å². The summed E-state index contributed by atoms with van der Waals surface area (Å²) >= 11 is 0. The molecule has 0 atom stereocenters. The van der Waals surface area contributed by atoms with Crippen LogP contribution in [0, 0.1) is 13.8 Å². The third-order valence-electron chi connectivity index (χ3n) is 4.42. The van der Waals surface area contributed by atoms with E-state index in [0.29, 0.717) is 18.7 Å². The summed E-state index contributed by atoms with van der Waals surface area (Å²) in [4.78, 5) is 23.4. The van der Waals surface area contributed by atoms with Gasteiger partial charge >= 0.3 is 0 Å². The lowest BCUT2D eigenvalue weighted by Crippen LogP contribution is -2.26. The van der Waals surface area contributed by atoms with Gasteiger partial charge < -0.3 is 15.3 Å². The van der Waals surface area contributed by atoms with E-state index in [4.69, 9.17) is 0 Å². The molecule has 1 amide bonds. The molecule has 3 N–H and O–H groups in total. The summed E-state index contributed by atoms with van der Waals surface area (Å²) in [7, 11) is 0. The quantitative estimate of drug-likeness (QED) is 0.534. The highest BCUT2D eigenvalue weighted by atomic mass is 16.1. The zero-order valence-corrected chi connectivity index (χ0v) is 14.3. The summed E-state index contributed by atoms with van der Waals surface area (Å²) in [6, 6.07) is 14.0. The highest BCUT2D eigenvalue weighted by Gasteiger charge is 2.11. The van der Waals surface area contributed by atoms with Crippen molar-refractivity contribution in [3.05, 3.63) is 65.1 Å². The molecule has 0 radical (unpaired) electrons. The first-order valence-electron chi connectivity index (χ1n) is 8.42. The molecule has 126 valence electrons. The van der Waals surface area contributed by atoms with Gasteiger partial charge in [0.05, 0.1) is 11.0 Å². The number of imidazole rings is 1. The number of H-pyrrole nitrogens is 2. The van der Waals surface area contributed by atoms with Crippen molar-refractivity contribution in [2.45, 2.75) is 20.3 Å². The minimum absolute atomic E-state index is 0.0932. The lowest BCUT2D eigenvalue weighted by Gasteiger charge is -2.01. The van der Waals surface area contributed by atoms with Crippen molar-refractivity contribution in [2.75, 3.05) is 6.54 Å². The van der Waals surface area contributed by atoms with Gasteiger partial charge in [-0.15, -0.1) is 0 Å². The molecule has 0 aliphatic heterocycles. The van der Waals surface area contributed by atoms with E-state index in [0.717, 1.165) is 27.8 Å². The van der Waals surface area contributed by atoms with Crippen molar-refractivity contribution >= 4 is 27.8 Å². The minimum Gasteiger partial charge on any atom is -0.351 e. The van der Waals surface area contributed by atoms with Crippen molar-refractivity contribution in [2.24, 2.45) is 0 Å². The minimum atomic E-state index is -0.0932. The number of amides is 1. The molecule has 0 saturated carbocycles. The Morgan fingerprint density at radius 1 is 1.08 bits per heavy atom. The summed E-state index contributed by atoms with van der Waals surface area (Å²) in [6.45, 7) is 4.65. The van der Waals surface area contributed by atoms with Gasteiger partial charge in [-0.1, -0.05) is 18.2 Å². The molecule has 4 rings (SSSR count). The molecule has 4 aromatic rings. The van der Waals surface area contributed by atoms with Gasteiger partial charge in [-0.2, -0.15) is 0 Å². The highest BCUT2D eigenvalue weighted by Crippen LogP contribution is 2.21. The van der Waals surface area contributed by atoms with Crippen LogP contribution in [-0.2, 0) is 6.42 Å². The Balaban J connectivity index is 1.44. The maximum atomic E-state index is 12.4. The Morgan fingerprint density at radius 2 is 1.92 bits per heavy atom. The van der Waals surface area contributed by atoms with Crippen molar-refractivity contribution in [3.63, 3.8) is 0 Å². The van der Waals surface area contributed by atoms with Gasteiger partial charge in [-0.25, -0.2) is 4.98 Å². The summed E-state index contributed by atoms with van der Waals surface area (Å²) in [5, 5.41) is 4.05. The van der Waals surface area contributed by atoms with Crippen LogP contribution in [0.2, 0.25) is 0 Å². The standard InChI is InChI=1S/C20H20N4O/c1-12-9-13(2)14-11-18(22-17(14)10-12)20(25)21-8-7-19-23-15-5-3-4-6-16(15)24-19/h3-6,9-11,22H,7-8H2,1-2H3,(H,21,25)(H,23,24). The molecule has 0 unspecified atom stereocenters. The first-order valence-corrected chi connectivity index (χ1v) is 8.42. The first-order chi connectivity index (χ1) is 12.1. The number of aromatic amines is 2. The third kappa shape index (κ3) is 3.01. The number of hydrogen-bond acceptors (Lipinski definition) is 2. The van der Waals surface area contributed by atoms with Crippen molar-refractivity contribution in [1.82, 2.24) is 20.3 Å². The summed E-state index contributed by atoms with van der Waals surface area (Å²) < 4.78 is 0. The van der Waals surface area contributed by atoms with Crippen molar-refractivity contribution < 1.29 is 4.79 Å². The van der Waals surface area contributed by atoms with E-state index in [1.165, 1.54) is 11.1 Å². The Kier molecular flexibility index (Phi) is 3.76. The number of aromatic nitrogens is 3. The zero-order valence-electron chi connectivity index (χ0n) is 14.3. The van der Waals surface area contributed by atoms with Gasteiger partial charge in [0.1, 0.15) is 11.5 Å². The van der Waals surface area contributed by atoms with E-state index in [2.05, 4.69) is 46.2 Å². The van der Waals surface area contributed by atoms with Gasteiger partial charge in [-0.05, 0) is 49.2 Å². The fourth-order valence-corrected chi connectivity index (χ4v) is 3.24. The topological polar surface area (TPSA) is 73.6 Å². The Hall–Kier alpha value is -3.08. The maximum Gasteiger partial charge on any atom is 0.267 e. The van der Waals surface area contributed by atoms with E-state index < -0.39 is 0 Å². The van der Waals surface area contributed by atoms with E-state index >= 15 is 0 Å². The number of rotatable bonds is 4. The summed E-state index contributed by atoms with van der Waals surface area (Å²) in [5.74, 6) is 0.786. The predicted octanol–water partition coefficient (Wildman–Crippen LogP) is 3.63. The van der Waals surface area contributed by atoms with Crippen molar-refractivity contribution in [1.29, 1.82) is 0 Å². The third-order valence-corrected chi connectivity index (χ3v) is 4.42. The number of carbonyl (C=O) groups excluding carboxylic acids is 1. The van der Waals surface area contributed by atoms with Crippen LogP contribution in [0.3, 0.4) is 0 Å². The molecule has 5 heteroatoms. The van der Waals surface area contributed by atoms with Crippen LogP contribution >= 0.6 is 0 Å². The Morgan fingerprint density at radius 3 is 2.76 bits per heavy atom. The highest BCUT2D eigenvalue weighted by molar-refractivity contribution is 5.99. The van der Waals surface area contributed by atoms with Crippen LogP contribution in [0.25, 0.3) is 21.9 Å². The molecular formula is C20H20N4O. The molecule has 0 bridgehead atoms. The second-order valence-electron chi connectivity index (χ2n) is 6.43. The summed E-state index contributed by atoms with van der Waals surface area (Å²) in [5.41, 5.74) is 5.92. The smallest absolute Gasteiger partial charge is 0.267 e. The molecule has 0 spiro atoms. The number of para-hydroxylation sites is 2. The average Bonchev–Trinajstić information content (AvgIpc) is 3.18. The van der Waals surface area contributed by atoms with Gasteiger partial charge in [-0.3, -0.25) is 4.79 Å². The number of fused-ring (bicyclic) bond motifs is 2. The second kappa shape index (κ2) is 6.09. The molecule has 2 aromatic carbocycles. The van der Waals surface area contributed by atoms with Gasteiger partial charge in [0, 0.05) is 23.9 Å². The van der Waals surface area contributed by atoms with Crippen LogP contribution in [0.1, 0.15) is 27.4 Å². The average molecular weight is 332 g/mol. The molecule has 0 fully saturated rings. The normalized spacial score (nSPS) is 11.3. The van der Waals surface area contributed by atoms with Gasteiger partial charge in [0.2, 0.25) is 0 Å². The fraction of sp³-hybridized carbons (Fsp3) is 0.200. The van der Waals surface area contributed by atoms with Crippen LogP contribution in [0.5, 0.6) is 0 Å². The number of nitrogens with one attached hydrogen (secondary N) is 3. The van der Waals surface area contributed by atoms with E-state index in [1.54, 1.807) is 0 Å². The zero-order chi connectivity index (χ0) is 17.4. The van der Waals surface area contributed by atoms with E-state index in [9.17, 15) is 4.79 Å². The Labute approximate surface area is 145 Å². The van der Waals surface area contributed by atoms with Crippen LogP contribution in [0.4, 0.5) is 0 Å². The number of hydrogen-bond donors (Lipinski definition) is 3. The first kappa shape index (κ1) is 15.4. The molecule has 25 heavy (non-hydrogen) atoms. The molecule has 2 heterocycles. The second-order valence-corrected chi connectivity index (χ2v) is 6.43. The van der Waals surface area contributed by atoms with Gasteiger partial charge in [0.15, 0.2) is 0 Å². The fourth-order valence-electron chi connectivity index (χ4n) is 3.24. The van der Waals surface area contributed by atoms with Gasteiger partial charge in [0.25, 0.3) is 5.91 Å². The molecule has 0 aliphatic carbocycles. The summed E-state index contributed by atoms with van der Waals surface area (Å²) in [6.07, 6.45) is 0.665. The predicted molar refractivity (Wildman–Crippen MR) is 99.9 cm³/mol. The lowest BCUT2D eigenvalue weighted by atomic mass is 10.1. The molecule has 0 aliphatic rings. The lowest BCUT2D eigenvalue weighted by molar-refractivity contribution is 0.0950. The monoisotopic (exact) mass is 332 g/mol. The number of carbonyl (C=O) groups is 1.